The molecule has 2 aromatic heterocycles. The average molecular weight is 342 g/mol. The minimum Gasteiger partial charge on any atom is -0.481 e. The van der Waals surface area contributed by atoms with Crippen molar-refractivity contribution in [3.63, 3.8) is 0 Å². The van der Waals surface area contributed by atoms with Gasteiger partial charge < -0.3 is 5.11 Å². The van der Waals surface area contributed by atoms with E-state index in [4.69, 9.17) is 5.11 Å². The van der Waals surface area contributed by atoms with Gasteiger partial charge in [0.2, 0.25) is 0 Å². The van der Waals surface area contributed by atoms with Crippen LogP contribution in [0.1, 0.15) is 24.8 Å². The van der Waals surface area contributed by atoms with Crippen molar-refractivity contribution < 1.29 is 9.90 Å². The average Bonchev–Trinajstić information content (AvgIpc) is 3.22. The summed E-state index contributed by atoms with van der Waals surface area (Å²) in [6.07, 6.45) is 2.87. The van der Waals surface area contributed by atoms with Crippen molar-refractivity contribution in [1.82, 2.24) is 0 Å². The predicted molar refractivity (Wildman–Crippen MR) is 98.3 cm³/mol. The Balaban J connectivity index is 1.62. The molecule has 1 aromatic carbocycles. The molecule has 118 valence electrons. The van der Waals surface area contributed by atoms with Crippen molar-refractivity contribution in [2.24, 2.45) is 0 Å². The molecule has 2 heterocycles. The molecule has 23 heavy (non-hydrogen) atoms. The van der Waals surface area contributed by atoms with Crippen LogP contribution in [0.2, 0.25) is 0 Å². The quantitative estimate of drug-likeness (QED) is 0.539. The standard InChI is InChI=1S/C19H18O2S2/c20-19(21)6-2-1-4-14-7-9-15(10-8-14)16-11-12-18(23-16)17-5-3-13-22-17/h3,5,7-13H,1-2,4,6H2,(H,20,21). The monoisotopic (exact) mass is 342 g/mol. The molecule has 3 rings (SSSR count). The summed E-state index contributed by atoms with van der Waals surface area (Å²) in [5, 5.41) is 10.8. The van der Waals surface area contributed by atoms with Gasteiger partial charge in [-0.2, -0.15) is 0 Å². The number of carboxylic acids is 1. The zero-order chi connectivity index (χ0) is 16.1. The van der Waals surface area contributed by atoms with Gasteiger partial charge in [0.05, 0.1) is 0 Å². The maximum Gasteiger partial charge on any atom is 0.303 e. The molecule has 4 heteroatoms. The third-order valence-corrected chi connectivity index (χ3v) is 5.91. The van der Waals surface area contributed by atoms with E-state index in [1.165, 1.54) is 25.8 Å². The van der Waals surface area contributed by atoms with Crippen LogP contribution in [0.3, 0.4) is 0 Å². The number of aryl methyl sites for hydroxylation is 1. The van der Waals surface area contributed by atoms with Gasteiger partial charge in [-0.25, -0.2) is 0 Å². The Hall–Kier alpha value is -1.91. The van der Waals surface area contributed by atoms with Crippen molar-refractivity contribution in [3.8, 4) is 20.2 Å². The van der Waals surface area contributed by atoms with Gasteiger partial charge in [-0.1, -0.05) is 30.3 Å². The van der Waals surface area contributed by atoms with Crippen molar-refractivity contribution in [2.75, 3.05) is 0 Å². The minimum atomic E-state index is -0.709. The largest absolute Gasteiger partial charge is 0.481 e. The Morgan fingerprint density at radius 3 is 2.39 bits per heavy atom. The maximum atomic E-state index is 10.5. The fourth-order valence-corrected chi connectivity index (χ4v) is 4.33. The van der Waals surface area contributed by atoms with Gasteiger partial charge in [0.15, 0.2) is 0 Å². The molecular formula is C19H18O2S2. The second kappa shape index (κ2) is 7.57. The molecule has 3 aromatic rings. The molecule has 0 aliphatic rings. The van der Waals surface area contributed by atoms with Gasteiger partial charge in [-0.15, -0.1) is 22.7 Å². The van der Waals surface area contributed by atoms with Crippen LogP contribution < -0.4 is 0 Å². The highest BCUT2D eigenvalue weighted by Gasteiger charge is 2.06. The number of thiophene rings is 2. The second-order valence-electron chi connectivity index (χ2n) is 5.44. The molecule has 0 bridgehead atoms. The Morgan fingerprint density at radius 2 is 1.70 bits per heavy atom. The van der Waals surface area contributed by atoms with Crippen LogP contribution in [-0.2, 0) is 11.2 Å². The van der Waals surface area contributed by atoms with Gasteiger partial charge in [-0.3, -0.25) is 4.79 Å². The van der Waals surface area contributed by atoms with Crippen molar-refractivity contribution in [2.45, 2.75) is 25.7 Å². The lowest BCUT2D eigenvalue weighted by molar-refractivity contribution is -0.137. The first-order chi connectivity index (χ1) is 11.2. The van der Waals surface area contributed by atoms with Gasteiger partial charge in [0.1, 0.15) is 0 Å². The van der Waals surface area contributed by atoms with Gasteiger partial charge in [0, 0.05) is 21.1 Å². The summed E-state index contributed by atoms with van der Waals surface area (Å²) in [7, 11) is 0. The normalized spacial score (nSPS) is 10.8. The number of hydrogen-bond acceptors (Lipinski definition) is 3. The highest BCUT2D eigenvalue weighted by Crippen LogP contribution is 2.36. The van der Waals surface area contributed by atoms with E-state index in [1.54, 1.807) is 11.3 Å². The Morgan fingerprint density at radius 1 is 0.913 bits per heavy atom. The molecular weight excluding hydrogens is 324 g/mol. The number of hydrogen-bond donors (Lipinski definition) is 1. The number of unbranched alkanes of at least 4 members (excludes halogenated alkanes) is 1. The van der Waals surface area contributed by atoms with Gasteiger partial charge >= 0.3 is 5.97 Å². The van der Waals surface area contributed by atoms with Crippen molar-refractivity contribution >= 4 is 28.6 Å². The lowest BCUT2D eigenvalue weighted by Crippen LogP contribution is -1.94. The molecule has 0 unspecified atom stereocenters. The summed E-state index contributed by atoms with van der Waals surface area (Å²) < 4.78 is 0. The number of rotatable bonds is 7. The van der Waals surface area contributed by atoms with Gasteiger partial charge in [-0.05, 0) is 54.0 Å². The summed E-state index contributed by atoms with van der Waals surface area (Å²) >= 11 is 3.59. The Bertz CT molecular complexity index is 755. The minimum absolute atomic E-state index is 0.263. The van der Waals surface area contributed by atoms with Crippen LogP contribution in [0, 0.1) is 0 Å². The van der Waals surface area contributed by atoms with E-state index in [-0.39, 0.29) is 6.42 Å². The molecule has 0 spiro atoms. The van der Waals surface area contributed by atoms with Gasteiger partial charge in [0.25, 0.3) is 0 Å². The number of carbonyl (C=O) groups is 1. The molecule has 0 radical (unpaired) electrons. The summed E-state index contributed by atoms with van der Waals surface area (Å²) in [4.78, 5) is 14.4. The van der Waals surface area contributed by atoms with Crippen LogP contribution in [0.15, 0.2) is 53.9 Å². The first kappa shape index (κ1) is 16.0. The van der Waals surface area contributed by atoms with E-state index in [2.05, 4.69) is 53.9 Å². The van der Waals surface area contributed by atoms with Crippen LogP contribution in [0.5, 0.6) is 0 Å². The van der Waals surface area contributed by atoms with E-state index in [0.29, 0.717) is 0 Å². The molecule has 2 nitrogen and oxygen atoms in total. The lowest BCUT2D eigenvalue weighted by atomic mass is 10.0. The van der Waals surface area contributed by atoms with Crippen LogP contribution >= 0.6 is 22.7 Å². The molecule has 0 atom stereocenters. The Kier molecular flexibility index (Phi) is 5.26. The molecule has 0 aliphatic carbocycles. The van der Waals surface area contributed by atoms with Crippen LogP contribution in [0.25, 0.3) is 20.2 Å². The third-order valence-electron chi connectivity index (χ3n) is 3.71. The topological polar surface area (TPSA) is 37.3 Å². The second-order valence-corrected chi connectivity index (χ2v) is 7.47. The summed E-state index contributed by atoms with van der Waals surface area (Å²) in [6.45, 7) is 0. The van der Waals surface area contributed by atoms with E-state index in [0.717, 1.165) is 19.3 Å². The molecule has 1 N–H and O–H groups in total. The van der Waals surface area contributed by atoms with E-state index in [9.17, 15) is 4.79 Å². The van der Waals surface area contributed by atoms with Crippen LogP contribution in [-0.4, -0.2) is 11.1 Å². The molecule has 0 saturated heterocycles. The Labute approximate surface area is 144 Å². The summed E-state index contributed by atoms with van der Waals surface area (Å²) in [5.74, 6) is -0.709. The molecule has 0 saturated carbocycles. The first-order valence-corrected chi connectivity index (χ1v) is 9.37. The highest BCUT2D eigenvalue weighted by atomic mass is 32.1. The number of benzene rings is 1. The SMILES string of the molecule is O=C(O)CCCCc1ccc(-c2ccc(-c3cccs3)s2)cc1. The molecule has 0 amide bonds. The molecule has 0 fully saturated rings. The maximum absolute atomic E-state index is 10.5. The number of aliphatic carboxylic acids is 1. The van der Waals surface area contributed by atoms with Crippen LogP contribution in [0.4, 0.5) is 0 Å². The van der Waals surface area contributed by atoms with E-state index in [1.807, 2.05) is 11.3 Å². The number of carboxylic acid groups (broad SMARTS) is 1. The van der Waals surface area contributed by atoms with Crippen molar-refractivity contribution in [1.29, 1.82) is 0 Å². The zero-order valence-electron chi connectivity index (χ0n) is 12.7. The first-order valence-electron chi connectivity index (χ1n) is 7.67. The van der Waals surface area contributed by atoms with Crippen molar-refractivity contribution in [3.05, 3.63) is 59.5 Å². The lowest BCUT2D eigenvalue weighted by Gasteiger charge is -2.03. The summed E-state index contributed by atoms with van der Waals surface area (Å²) in [6, 6.07) is 17.2. The molecule has 0 aliphatic heterocycles. The fraction of sp³-hybridized carbons (Fsp3) is 0.211. The summed E-state index contributed by atoms with van der Waals surface area (Å²) in [5.41, 5.74) is 2.52. The highest BCUT2D eigenvalue weighted by molar-refractivity contribution is 7.23. The van der Waals surface area contributed by atoms with E-state index >= 15 is 0 Å². The smallest absolute Gasteiger partial charge is 0.303 e. The zero-order valence-corrected chi connectivity index (χ0v) is 14.3. The predicted octanol–water partition coefficient (Wildman–Crippen LogP) is 5.94. The third kappa shape index (κ3) is 4.30. The van der Waals surface area contributed by atoms with E-state index < -0.39 is 5.97 Å². The fourth-order valence-electron chi connectivity index (χ4n) is 2.49.